The van der Waals surface area contributed by atoms with Gasteiger partial charge in [-0.05, 0) is 61.0 Å². The van der Waals surface area contributed by atoms with Crippen LogP contribution in [0.2, 0.25) is 0 Å². The van der Waals surface area contributed by atoms with Gasteiger partial charge in [-0.15, -0.1) is 4.99 Å². The Morgan fingerprint density at radius 3 is 2.05 bits per heavy atom. The molecule has 10 nitrogen and oxygen atoms in total. The van der Waals surface area contributed by atoms with Gasteiger partial charge in [0.15, 0.2) is 0 Å². The van der Waals surface area contributed by atoms with Gasteiger partial charge in [0.2, 0.25) is 5.96 Å². The third-order valence-electron chi connectivity index (χ3n) is 8.67. The number of nitrogens with zero attached hydrogens (tertiary/aromatic N) is 3. The third-order valence-corrected chi connectivity index (χ3v) is 8.67. The van der Waals surface area contributed by atoms with E-state index < -0.39 is 18.3 Å². The predicted octanol–water partition coefficient (Wildman–Crippen LogP) is 6.40. The van der Waals surface area contributed by atoms with E-state index in [2.05, 4.69) is 4.99 Å². The fourth-order valence-electron chi connectivity index (χ4n) is 6.31. The molecule has 0 unspecified atom stereocenters. The van der Waals surface area contributed by atoms with Gasteiger partial charge in [-0.1, -0.05) is 79.9 Å². The molecule has 2 aliphatic rings. The number of nitrogens with two attached hydrogens (primary N) is 1. The monoisotopic (exact) mass is 578 g/mol. The maximum absolute atomic E-state index is 13.2. The van der Waals surface area contributed by atoms with Crippen molar-refractivity contribution in [2.45, 2.75) is 71.0 Å². The Kier molecular flexibility index (Phi) is 11.2. The van der Waals surface area contributed by atoms with Crippen molar-refractivity contribution in [3.63, 3.8) is 0 Å². The van der Waals surface area contributed by atoms with Gasteiger partial charge in [0.05, 0.1) is 0 Å². The Labute approximate surface area is 247 Å². The van der Waals surface area contributed by atoms with Crippen molar-refractivity contribution >= 4 is 24.2 Å². The molecule has 226 valence electrons. The number of aliphatic imine (C=N–C) groups is 1. The molecule has 2 aromatic carbocycles. The van der Waals surface area contributed by atoms with Crippen molar-refractivity contribution < 1.29 is 29.0 Å². The van der Waals surface area contributed by atoms with Crippen LogP contribution in [-0.4, -0.2) is 58.8 Å². The zero-order chi connectivity index (χ0) is 29.8. The standard InChI is InChI=1S/C32H42N4O6/c33-28(34-29(37)41-23-25-11-4-1-5-12-25)36(31(40)42-24-26-13-6-2-7-14-26)20-10-17-32(27-15-8-3-9-16-27)18-21-35(22-19-32)30(38)39/h1-2,4-7,11-14,27H,3,8-10,15-24H2,(H,38,39)(H2,33,34,37). The molecular formula is C32H42N4O6. The van der Waals surface area contributed by atoms with E-state index in [1.807, 2.05) is 60.7 Å². The van der Waals surface area contributed by atoms with Crippen LogP contribution in [0.1, 0.15) is 68.9 Å². The Morgan fingerprint density at radius 2 is 1.48 bits per heavy atom. The van der Waals surface area contributed by atoms with Crippen LogP contribution in [0, 0.1) is 11.3 Å². The number of guanidine groups is 1. The molecule has 0 aromatic heterocycles. The highest BCUT2D eigenvalue weighted by atomic mass is 16.6. The summed E-state index contributed by atoms with van der Waals surface area (Å²) in [5.74, 6) is 0.248. The lowest BCUT2D eigenvalue weighted by Gasteiger charge is -2.48. The minimum absolute atomic E-state index is 0.00645. The Morgan fingerprint density at radius 1 is 0.905 bits per heavy atom. The number of rotatable bonds is 9. The lowest BCUT2D eigenvalue weighted by molar-refractivity contribution is 0.0214. The molecule has 1 heterocycles. The van der Waals surface area contributed by atoms with E-state index in [0.717, 1.165) is 43.2 Å². The first-order valence-corrected chi connectivity index (χ1v) is 14.9. The number of benzene rings is 2. The highest BCUT2D eigenvalue weighted by Crippen LogP contribution is 2.49. The number of hydrogen-bond donors (Lipinski definition) is 2. The number of carbonyl (C=O) groups excluding carboxylic acids is 2. The van der Waals surface area contributed by atoms with Gasteiger partial charge in [0, 0.05) is 19.6 Å². The van der Waals surface area contributed by atoms with Gasteiger partial charge in [0.25, 0.3) is 0 Å². The lowest BCUT2D eigenvalue weighted by atomic mass is 9.62. The molecule has 2 aromatic rings. The van der Waals surface area contributed by atoms with Crippen LogP contribution >= 0.6 is 0 Å². The summed E-state index contributed by atoms with van der Waals surface area (Å²) in [4.78, 5) is 43.8. The number of piperidine rings is 1. The molecule has 3 N–H and O–H groups in total. The maximum Gasteiger partial charge on any atom is 0.437 e. The molecule has 0 bridgehead atoms. The van der Waals surface area contributed by atoms with Crippen LogP contribution in [0.5, 0.6) is 0 Å². The van der Waals surface area contributed by atoms with Crippen LogP contribution < -0.4 is 5.73 Å². The molecule has 3 amide bonds. The van der Waals surface area contributed by atoms with E-state index in [0.29, 0.717) is 25.4 Å². The van der Waals surface area contributed by atoms with Gasteiger partial charge in [0.1, 0.15) is 13.2 Å². The van der Waals surface area contributed by atoms with Gasteiger partial charge in [-0.3, -0.25) is 0 Å². The molecule has 0 atom stereocenters. The quantitative estimate of drug-likeness (QED) is 0.260. The molecular weight excluding hydrogens is 536 g/mol. The normalized spacial score (nSPS) is 17.3. The summed E-state index contributed by atoms with van der Waals surface area (Å²) in [5, 5.41) is 9.50. The number of carbonyl (C=O) groups is 3. The van der Waals surface area contributed by atoms with Crippen LogP contribution in [0.15, 0.2) is 65.7 Å². The van der Waals surface area contributed by atoms with E-state index in [9.17, 15) is 19.5 Å². The van der Waals surface area contributed by atoms with E-state index >= 15 is 0 Å². The van der Waals surface area contributed by atoms with Gasteiger partial charge in [-0.25, -0.2) is 19.3 Å². The first-order chi connectivity index (χ1) is 20.4. The number of ether oxygens (including phenoxy) is 2. The maximum atomic E-state index is 13.2. The number of amides is 3. The van der Waals surface area contributed by atoms with Crippen molar-refractivity contribution in [1.29, 1.82) is 0 Å². The molecule has 42 heavy (non-hydrogen) atoms. The minimum Gasteiger partial charge on any atom is -0.465 e. The topological polar surface area (TPSA) is 135 Å². The van der Waals surface area contributed by atoms with Crippen molar-refractivity contribution in [3.8, 4) is 0 Å². The summed E-state index contributed by atoms with van der Waals surface area (Å²) >= 11 is 0. The van der Waals surface area contributed by atoms with E-state index in [1.165, 1.54) is 29.1 Å². The average molecular weight is 579 g/mol. The van der Waals surface area contributed by atoms with Gasteiger partial charge >= 0.3 is 18.3 Å². The molecule has 1 aliphatic heterocycles. The molecule has 0 spiro atoms. The molecule has 2 fully saturated rings. The smallest absolute Gasteiger partial charge is 0.437 e. The number of carboxylic acid groups (broad SMARTS) is 1. The van der Waals surface area contributed by atoms with Crippen molar-refractivity contribution in [2.24, 2.45) is 22.1 Å². The van der Waals surface area contributed by atoms with Crippen LogP contribution in [-0.2, 0) is 22.7 Å². The molecule has 1 aliphatic carbocycles. The summed E-state index contributed by atoms with van der Waals surface area (Å²) in [5.41, 5.74) is 7.84. The second-order valence-electron chi connectivity index (χ2n) is 11.3. The Hall–Kier alpha value is -4.08. The summed E-state index contributed by atoms with van der Waals surface area (Å²) in [6.45, 7) is 1.34. The number of hydrogen-bond acceptors (Lipinski definition) is 5. The first kappa shape index (κ1) is 30.9. The summed E-state index contributed by atoms with van der Waals surface area (Å²) in [7, 11) is 0. The second-order valence-corrected chi connectivity index (χ2v) is 11.3. The SMILES string of the molecule is N/C(=N\C(=O)OCc1ccccc1)N(CCCC1(C2CCCCC2)CCN(C(=O)O)CC1)C(=O)OCc1ccccc1. The molecule has 0 radical (unpaired) electrons. The van der Waals surface area contributed by atoms with Gasteiger partial charge < -0.3 is 25.2 Å². The fourth-order valence-corrected chi connectivity index (χ4v) is 6.31. The molecule has 1 saturated carbocycles. The Bertz CT molecular complexity index is 1190. The first-order valence-electron chi connectivity index (χ1n) is 14.9. The number of likely N-dealkylation sites (tertiary alicyclic amines) is 1. The largest absolute Gasteiger partial charge is 0.465 e. The Balaban J connectivity index is 1.43. The average Bonchev–Trinajstić information content (AvgIpc) is 3.02. The molecule has 10 heteroatoms. The predicted molar refractivity (Wildman–Crippen MR) is 159 cm³/mol. The van der Waals surface area contributed by atoms with E-state index in [-0.39, 0.29) is 31.1 Å². The minimum atomic E-state index is -0.892. The summed E-state index contributed by atoms with van der Waals surface area (Å²) in [6, 6.07) is 18.5. The summed E-state index contributed by atoms with van der Waals surface area (Å²) in [6.07, 6.45) is 6.49. The summed E-state index contributed by atoms with van der Waals surface area (Å²) < 4.78 is 10.8. The van der Waals surface area contributed by atoms with Crippen LogP contribution in [0.4, 0.5) is 14.4 Å². The van der Waals surface area contributed by atoms with Crippen LogP contribution in [0.25, 0.3) is 0 Å². The highest BCUT2D eigenvalue weighted by molar-refractivity contribution is 5.97. The zero-order valence-corrected chi connectivity index (χ0v) is 24.2. The highest BCUT2D eigenvalue weighted by Gasteiger charge is 2.42. The third kappa shape index (κ3) is 8.71. The van der Waals surface area contributed by atoms with Crippen molar-refractivity contribution in [3.05, 3.63) is 71.8 Å². The van der Waals surface area contributed by atoms with Crippen molar-refractivity contribution in [2.75, 3.05) is 19.6 Å². The van der Waals surface area contributed by atoms with Crippen molar-refractivity contribution in [1.82, 2.24) is 9.80 Å². The molecule has 4 rings (SSSR count). The zero-order valence-electron chi connectivity index (χ0n) is 24.2. The van der Waals surface area contributed by atoms with E-state index in [1.54, 1.807) is 0 Å². The fraction of sp³-hybridized carbons (Fsp3) is 0.500. The van der Waals surface area contributed by atoms with Gasteiger partial charge in [-0.2, -0.15) is 0 Å². The van der Waals surface area contributed by atoms with E-state index in [4.69, 9.17) is 15.2 Å². The van der Waals surface area contributed by atoms with Crippen LogP contribution in [0.3, 0.4) is 0 Å². The molecule has 1 saturated heterocycles. The second kappa shape index (κ2) is 15.2. The lowest BCUT2D eigenvalue weighted by Crippen LogP contribution is -2.47.